The molecule has 0 aliphatic carbocycles. The molecule has 0 bridgehead atoms. The molecule has 1 fully saturated rings. The van der Waals surface area contributed by atoms with Crippen LogP contribution in [0.4, 0.5) is 0 Å². The summed E-state index contributed by atoms with van der Waals surface area (Å²) in [5, 5.41) is 12.3. The number of carbonyl (C=O) groups is 3. The van der Waals surface area contributed by atoms with Gasteiger partial charge in [0.15, 0.2) is 0 Å². The fourth-order valence-electron chi connectivity index (χ4n) is 4.55. The second-order valence-electron chi connectivity index (χ2n) is 9.96. The first-order valence-electron chi connectivity index (χ1n) is 12.2. The maximum absolute atomic E-state index is 13.4. The van der Waals surface area contributed by atoms with Gasteiger partial charge >= 0.3 is 5.97 Å². The Bertz CT molecular complexity index is 674. The van der Waals surface area contributed by atoms with Crippen molar-refractivity contribution in [3.63, 3.8) is 0 Å². The van der Waals surface area contributed by atoms with Crippen LogP contribution in [-0.2, 0) is 14.4 Å². The first-order chi connectivity index (χ1) is 14.9. The van der Waals surface area contributed by atoms with E-state index in [0.29, 0.717) is 6.04 Å². The summed E-state index contributed by atoms with van der Waals surface area (Å²) in [6.07, 6.45) is 6.66. The summed E-state index contributed by atoms with van der Waals surface area (Å²) in [6.45, 7) is 14.6. The first-order valence-corrected chi connectivity index (χ1v) is 12.2. The number of hydrogen-bond acceptors (Lipinski definition) is 4. The molecule has 0 aromatic heterocycles. The molecule has 2 amide bonds. The molecule has 7 heteroatoms. The van der Waals surface area contributed by atoms with Crippen molar-refractivity contribution in [1.82, 2.24) is 15.1 Å². The minimum absolute atomic E-state index is 0.0329. The van der Waals surface area contributed by atoms with Crippen molar-refractivity contribution in [2.75, 3.05) is 13.6 Å². The summed E-state index contributed by atoms with van der Waals surface area (Å²) in [4.78, 5) is 41.9. The molecule has 1 rings (SSSR count). The van der Waals surface area contributed by atoms with Crippen molar-refractivity contribution in [3.05, 3.63) is 11.6 Å². The summed E-state index contributed by atoms with van der Waals surface area (Å²) in [5.74, 6) is -1.32. The molecule has 2 unspecified atom stereocenters. The second-order valence-corrected chi connectivity index (χ2v) is 9.96. The Kier molecular flexibility index (Phi) is 11.4. The molecule has 0 aromatic rings. The number of likely N-dealkylation sites (N-methyl/N-ethyl adjacent to an activating group) is 1. The molecular weight excluding hydrogens is 406 g/mol. The van der Waals surface area contributed by atoms with Crippen molar-refractivity contribution in [2.45, 2.75) is 105 Å². The van der Waals surface area contributed by atoms with Crippen LogP contribution in [0.3, 0.4) is 0 Å². The number of aliphatic carboxylic acids is 1. The maximum Gasteiger partial charge on any atom is 0.331 e. The van der Waals surface area contributed by atoms with Crippen molar-refractivity contribution < 1.29 is 19.5 Å². The van der Waals surface area contributed by atoms with Gasteiger partial charge in [-0.15, -0.1) is 0 Å². The molecule has 0 radical (unpaired) electrons. The minimum atomic E-state index is -0.996. The lowest BCUT2D eigenvalue weighted by Crippen LogP contribution is -2.59. The fourth-order valence-corrected chi connectivity index (χ4v) is 4.55. The number of nitrogens with zero attached hydrogens (tertiary/aromatic N) is 2. The van der Waals surface area contributed by atoms with Crippen LogP contribution in [-0.4, -0.2) is 70.4 Å². The number of carbonyl (C=O) groups excluding carboxylic acids is 2. The van der Waals surface area contributed by atoms with E-state index in [0.717, 1.165) is 38.6 Å². The molecule has 1 saturated heterocycles. The van der Waals surface area contributed by atoms with Gasteiger partial charge in [-0.1, -0.05) is 53.5 Å². The first kappa shape index (κ1) is 28.1. The van der Waals surface area contributed by atoms with Crippen molar-refractivity contribution >= 4 is 17.8 Å². The van der Waals surface area contributed by atoms with Crippen LogP contribution in [0.25, 0.3) is 0 Å². The lowest BCUT2D eigenvalue weighted by Gasteiger charge is -2.40. The van der Waals surface area contributed by atoms with Crippen molar-refractivity contribution in [2.24, 2.45) is 11.8 Å². The van der Waals surface area contributed by atoms with E-state index in [1.807, 2.05) is 27.7 Å². The topological polar surface area (TPSA) is 90.0 Å². The summed E-state index contributed by atoms with van der Waals surface area (Å²) in [5.41, 5.74) is 0.205. The van der Waals surface area contributed by atoms with Gasteiger partial charge in [0.05, 0.1) is 12.1 Å². The van der Waals surface area contributed by atoms with Gasteiger partial charge in [0, 0.05) is 18.7 Å². The average molecular weight is 452 g/mol. The molecule has 0 aromatic carbocycles. The lowest BCUT2D eigenvalue weighted by molar-refractivity contribution is -0.140. The van der Waals surface area contributed by atoms with Crippen LogP contribution in [0.1, 0.15) is 80.6 Å². The number of carboxylic acids is 1. The summed E-state index contributed by atoms with van der Waals surface area (Å²) in [7, 11) is 1.69. The summed E-state index contributed by atoms with van der Waals surface area (Å²) < 4.78 is 0. The van der Waals surface area contributed by atoms with Crippen LogP contribution < -0.4 is 5.32 Å². The highest BCUT2D eigenvalue weighted by molar-refractivity contribution is 5.90. The molecule has 32 heavy (non-hydrogen) atoms. The van der Waals surface area contributed by atoms with Gasteiger partial charge in [-0.05, 0) is 51.5 Å². The van der Waals surface area contributed by atoms with E-state index < -0.39 is 12.0 Å². The van der Waals surface area contributed by atoms with Crippen LogP contribution in [0, 0.1) is 11.8 Å². The number of hydrogen-bond donors (Lipinski definition) is 2. The van der Waals surface area contributed by atoms with Crippen LogP contribution >= 0.6 is 0 Å². The van der Waals surface area contributed by atoms with E-state index in [-0.39, 0.29) is 41.3 Å². The van der Waals surface area contributed by atoms with Gasteiger partial charge in [-0.25, -0.2) is 4.79 Å². The van der Waals surface area contributed by atoms with Gasteiger partial charge in [0.1, 0.15) is 6.04 Å². The molecule has 1 heterocycles. The maximum atomic E-state index is 13.4. The van der Waals surface area contributed by atoms with Gasteiger partial charge in [-0.3, -0.25) is 14.5 Å². The molecular formula is C25H45N3O4. The number of rotatable bonds is 11. The number of amides is 2. The highest BCUT2D eigenvalue weighted by atomic mass is 16.4. The van der Waals surface area contributed by atoms with Crippen LogP contribution in [0.5, 0.6) is 0 Å². The summed E-state index contributed by atoms with van der Waals surface area (Å²) in [6, 6.07) is -0.897. The van der Waals surface area contributed by atoms with Gasteiger partial charge in [0.25, 0.3) is 0 Å². The van der Waals surface area contributed by atoms with Gasteiger partial charge in [0.2, 0.25) is 11.8 Å². The number of nitrogens with one attached hydrogen (secondary N) is 1. The van der Waals surface area contributed by atoms with Crippen molar-refractivity contribution in [1.29, 1.82) is 0 Å². The van der Waals surface area contributed by atoms with E-state index >= 15 is 0 Å². The average Bonchev–Trinajstić information content (AvgIpc) is 2.74. The van der Waals surface area contributed by atoms with E-state index in [1.165, 1.54) is 6.92 Å². The monoisotopic (exact) mass is 451 g/mol. The third-order valence-corrected chi connectivity index (χ3v) is 6.59. The van der Waals surface area contributed by atoms with Gasteiger partial charge in [-0.2, -0.15) is 0 Å². The molecule has 1 aliphatic rings. The van der Waals surface area contributed by atoms with Crippen LogP contribution in [0.2, 0.25) is 0 Å². The quantitative estimate of drug-likeness (QED) is 0.468. The molecule has 7 nitrogen and oxygen atoms in total. The van der Waals surface area contributed by atoms with Crippen molar-refractivity contribution in [3.8, 4) is 0 Å². The van der Waals surface area contributed by atoms with E-state index in [9.17, 15) is 19.5 Å². The standard InChI is InChI=1S/C25H45N3O4/c1-9-12-19(7)28-14-11-10-13-20(28)23(29)26-22(17(4)5)24(30)27(8)21(16(2)3)15-18(6)25(31)32/h15-17,19-22H,9-14H2,1-8H3,(H,26,29)(H,31,32)/t19?,20?,21-,22+/m1/s1. The third kappa shape index (κ3) is 7.61. The smallest absolute Gasteiger partial charge is 0.331 e. The Morgan fingerprint density at radius 1 is 1.12 bits per heavy atom. The molecule has 1 aliphatic heterocycles. The SMILES string of the molecule is CCCC(C)N1CCCCC1C(=O)N[C@H](C(=O)N(C)[C@H](C=C(C)C(=O)O)C(C)C)C(C)C. The molecule has 0 spiro atoms. The normalized spacial score (nSPS) is 20.7. The molecule has 4 atom stereocenters. The molecule has 0 saturated carbocycles. The zero-order valence-corrected chi connectivity index (χ0v) is 21.4. The number of likely N-dealkylation sites (tertiary alicyclic amines) is 1. The Morgan fingerprint density at radius 3 is 2.25 bits per heavy atom. The highest BCUT2D eigenvalue weighted by Gasteiger charge is 2.36. The number of carboxylic acid groups (broad SMARTS) is 1. The summed E-state index contributed by atoms with van der Waals surface area (Å²) >= 11 is 0. The fraction of sp³-hybridized carbons (Fsp3) is 0.800. The van der Waals surface area contributed by atoms with E-state index in [4.69, 9.17) is 0 Å². The predicted molar refractivity (Wildman–Crippen MR) is 128 cm³/mol. The van der Waals surface area contributed by atoms with E-state index in [2.05, 4.69) is 24.1 Å². The highest BCUT2D eigenvalue weighted by Crippen LogP contribution is 2.23. The Morgan fingerprint density at radius 2 is 1.75 bits per heavy atom. The van der Waals surface area contributed by atoms with Gasteiger partial charge < -0.3 is 15.3 Å². The molecule has 184 valence electrons. The molecule has 2 N–H and O–H groups in total. The zero-order chi connectivity index (χ0) is 24.6. The van der Waals surface area contributed by atoms with Crippen LogP contribution in [0.15, 0.2) is 11.6 Å². The Balaban J connectivity index is 3.06. The minimum Gasteiger partial charge on any atom is -0.478 e. The Hall–Kier alpha value is -1.89. The second kappa shape index (κ2) is 13.0. The third-order valence-electron chi connectivity index (χ3n) is 6.59. The predicted octanol–water partition coefficient (Wildman–Crippen LogP) is 3.68. The zero-order valence-electron chi connectivity index (χ0n) is 21.4. The largest absolute Gasteiger partial charge is 0.478 e. The lowest BCUT2D eigenvalue weighted by atomic mass is 9.95. The number of piperidine rings is 1. The van der Waals surface area contributed by atoms with E-state index in [1.54, 1.807) is 18.0 Å². The Labute approximate surface area is 194 Å².